The zero-order chi connectivity index (χ0) is 23.5. The molecule has 0 bridgehead atoms. The van der Waals surface area contributed by atoms with E-state index in [2.05, 4.69) is 41.4 Å². The van der Waals surface area contributed by atoms with Crippen molar-refractivity contribution in [2.75, 3.05) is 29.9 Å². The lowest BCUT2D eigenvalue weighted by molar-refractivity contribution is 0.0793. The monoisotopic (exact) mass is 453 g/mol. The number of hydrogen-bond acceptors (Lipinski definition) is 3. The molecule has 2 amide bonds. The molecule has 0 aromatic heterocycles. The number of benzene rings is 3. The summed E-state index contributed by atoms with van der Waals surface area (Å²) in [7, 11) is 0. The van der Waals surface area contributed by atoms with Crippen molar-refractivity contribution in [1.82, 2.24) is 4.90 Å². The molecule has 5 nitrogen and oxygen atoms in total. The maximum absolute atomic E-state index is 13.5. The topological polar surface area (TPSA) is 52.7 Å². The third-order valence-electron chi connectivity index (χ3n) is 6.97. The summed E-state index contributed by atoms with van der Waals surface area (Å²) >= 11 is 0. The molecule has 1 saturated heterocycles. The van der Waals surface area contributed by atoms with E-state index in [-0.39, 0.29) is 11.8 Å². The molecule has 3 aromatic rings. The van der Waals surface area contributed by atoms with Crippen LogP contribution in [0.4, 0.5) is 11.4 Å². The minimum atomic E-state index is -0.165. The van der Waals surface area contributed by atoms with Gasteiger partial charge in [0.25, 0.3) is 11.8 Å². The molecule has 0 aliphatic carbocycles. The zero-order valence-corrected chi connectivity index (χ0v) is 19.7. The zero-order valence-electron chi connectivity index (χ0n) is 19.7. The summed E-state index contributed by atoms with van der Waals surface area (Å²) in [5, 5.41) is 3.00. The van der Waals surface area contributed by atoms with Crippen LogP contribution in [-0.4, -0.2) is 36.3 Å². The van der Waals surface area contributed by atoms with Crippen molar-refractivity contribution in [1.29, 1.82) is 0 Å². The molecule has 2 heterocycles. The third kappa shape index (κ3) is 4.56. The molecular weight excluding hydrogens is 422 g/mol. The van der Waals surface area contributed by atoms with E-state index in [1.165, 1.54) is 16.7 Å². The highest BCUT2D eigenvalue weighted by Gasteiger charge is 2.26. The first-order valence-electron chi connectivity index (χ1n) is 12.3. The highest BCUT2D eigenvalue weighted by molar-refractivity contribution is 6.06. The van der Waals surface area contributed by atoms with E-state index in [0.29, 0.717) is 16.8 Å². The predicted molar refractivity (Wildman–Crippen MR) is 137 cm³/mol. The standard InChI is InChI=1S/C29H31N3O2/c1-2-21-9-11-23(12-10-21)28(33)30-25-13-14-27(26(19-25)29(34)31-16-5-6-17-31)32-18-15-22-7-3-4-8-24(22)20-32/h3-4,7-14,19H,2,5-6,15-18,20H2,1H3,(H,30,33). The largest absolute Gasteiger partial charge is 0.366 e. The van der Waals surface area contributed by atoms with Gasteiger partial charge < -0.3 is 15.1 Å². The second kappa shape index (κ2) is 9.72. The number of fused-ring (bicyclic) bond motifs is 1. The molecule has 0 saturated carbocycles. The first-order valence-corrected chi connectivity index (χ1v) is 12.3. The summed E-state index contributed by atoms with van der Waals surface area (Å²) in [6.45, 7) is 5.33. The molecule has 1 fully saturated rings. The summed E-state index contributed by atoms with van der Waals surface area (Å²) in [5.74, 6) is -0.114. The van der Waals surface area contributed by atoms with Gasteiger partial charge in [-0.15, -0.1) is 0 Å². The molecule has 2 aliphatic rings. The van der Waals surface area contributed by atoms with Gasteiger partial charge in [0.1, 0.15) is 0 Å². The Kier molecular flexibility index (Phi) is 6.35. The second-order valence-corrected chi connectivity index (χ2v) is 9.18. The van der Waals surface area contributed by atoms with Gasteiger partial charge >= 0.3 is 0 Å². The van der Waals surface area contributed by atoms with Gasteiger partial charge in [-0.3, -0.25) is 9.59 Å². The summed E-state index contributed by atoms with van der Waals surface area (Å²) in [4.78, 5) is 30.6. The molecule has 5 rings (SSSR count). The van der Waals surface area contributed by atoms with E-state index in [1.807, 2.05) is 47.4 Å². The Morgan fingerprint density at radius 1 is 0.882 bits per heavy atom. The Labute approximate surface area is 201 Å². The molecule has 3 aromatic carbocycles. The van der Waals surface area contributed by atoms with Crippen LogP contribution in [0.15, 0.2) is 66.7 Å². The molecule has 174 valence electrons. The first-order chi connectivity index (χ1) is 16.6. The van der Waals surface area contributed by atoms with Crippen LogP contribution in [-0.2, 0) is 19.4 Å². The summed E-state index contributed by atoms with van der Waals surface area (Å²) in [6, 6.07) is 21.9. The molecule has 0 spiro atoms. The maximum atomic E-state index is 13.5. The van der Waals surface area contributed by atoms with E-state index < -0.39 is 0 Å². The van der Waals surface area contributed by atoms with Crippen molar-refractivity contribution in [3.63, 3.8) is 0 Å². The number of anilines is 2. The average Bonchev–Trinajstić information content (AvgIpc) is 3.43. The average molecular weight is 454 g/mol. The Balaban J connectivity index is 1.43. The van der Waals surface area contributed by atoms with Gasteiger partial charge in [-0.05, 0) is 72.7 Å². The van der Waals surface area contributed by atoms with Crippen molar-refractivity contribution in [2.24, 2.45) is 0 Å². The number of amides is 2. The minimum absolute atomic E-state index is 0.0507. The molecule has 5 heteroatoms. The molecule has 0 radical (unpaired) electrons. The number of nitrogens with zero attached hydrogens (tertiary/aromatic N) is 2. The molecule has 2 aliphatic heterocycles. The fraction of sp³-hybridized carbons (Fsp3) is 0.310. The first kappa shape index (κ1) is 22.2. The van der Waals surface area contributed by atoms with E-state index >= 15 is 0 Å². The number of rotatable bonds is 5. The second-order valence-electron chi connectivity index (χ2n) is 9.18. The van der Waals surface area contributed by atoms with E-state index in [9.17, 15) is 9.59 Å². The number of likely N-dealkylation sites (tertiary alicyclic amines) is 1. The van der Waals surface area contributed by atoms with Gasteiger partial charge in [0, 0.05) is 43.1 Å². The molecular formula is C29H31N3O2. The van der Waals surface area contributed by atoms with Crippen molar-refractivity contribution in [3.05, 3.63) is 94.5 Å². The van der Waals surface area contributed by atoms with E-state index in [1.54, 1.807) is 0 Å². The van der Waals surface area contributed by atoms with Crippen LogP contribution in [0, 0.1) is 0 Å². The number of carbonyl (C=O) groups excluding carboxylic acids is 2. The smallest absolute Gasteiger partial charge is 0.256 e. The summed E-state index contributed by atoms with van der Waals surface area (Å²) in [5.41, 5.74) is 6.75. The molecule has 34 heavy (non-hydrogen) atoms. The van der Waals surface area contributed by atoms with Crippen LogP contribution in [0.5, 0.6) is 0 Å². The van der Waals surface area contributed by atoms with Crippen molar-refractivity contribution < 1.29 is 9.59 Å². The maximum Gasteiger partial charge on any atom is 0.256 e. The molecule has 1 N–H and O–H groups in total. The quantitative estimate of drug-likeness (QED) is 0.570. The highest BCUT2D eigenvalue weighted by atomic mass is 16.2. The Hall–Kier alpha value is -3.60. The van der Waals surface area contributed by atoms with Crippen LogP contribution in [0.1, 0.15) is 57.2 Å². The summed E-state index contributed by atoms with van der Waals surface area (Å²) < 4.78 is 0. The van der Waals surface area contributed by atoms with Gasteiger partial charge in [0.15, 0.2) is 0 Å². The van der Waals surface area contributed by atoms with E-state index in [4.69, 9.17) is 0 Å². The van der Waals surface area contributed by atoms with Gasteiger partial charge in [0.2, 0.25) is 0 Å². The Morgan fingerprint density at radius 3 is 2.35 bits per heavy atom. The van der Waals surface area contributed by atoms with E-state index in [0.717, 1.165) is 57.5 Å². The fourth-order valence-corrected chi connectivity index (χ4v) is 4.95. The van der Waals surface area contributed by atoms with Gasteiger partial charge in [-0.1, -0.05) is 43.3 Å². The molecule has 0 unspecified atom stereocenters. The minimum Gasteiger partial charge on any atom is -0.366 e. The van der Waals surface area contributed by atoms with Crippen LogP contribution in [0.2, 0.25) is 0 Å². The number of aryl methyl sites for hydroxylation is 1. The normalized spacial score (nSPS) is 15.2. The molecule has 0 atom stereocenters. The van der Waals surface area contributed by atoms with Crippen molar-refractivity contribution in [3.8, 4) is 0 Å². The number of hydrogen-bond donors (Lipinski definition) is 1. The van der Waals surface area contributed by atoms with Crippen LogP contribution >= 0.6 is 0 Å². The van der Waals surface area contributed by atoms with Gasteiger partial charge in [-0.25, -0.2) is 0 Å². The van der Waals surface area contributed by atoms with Gasteiger partial charge in [0.05, 0.1) is 5.56 Å². The predicted octanol–water partition coefficient (Wildman–Crippen LogP) is 5.30. The third-order valence-corrected chi connectivity index (χ3v) is 6.97. The van der Waals surface area contributed by atoms with Crippen LogP contribution in [0.25, 0.3) is 0 Å². The number of nitrogens with one attached hydrogen (secondary N) is 1. The lowest BCUT2D eigenvalue weighted by atomic mass is 9.98. The highest BCUT2D eigenvalue weighted by Crippen LogP contribution is 2.31. The van der Waals surface area contributed by atoms with Crippen molar-refractivity contribution in [2.45, 2.75) is 39.2 Å². The lowest BCUT2D eigenvalue weighted by Gasteiger charge is -2.33. The van der Waals surface area contributed by atoms with Crippen LogP contribution < -0.4 is 10.2 Å². The number of carbonyl (C=O) groups is 2. The summed E-state index contributed by atoms with van der Waals surface area (Å²) in [6.07, 6.45) is 3.98. The fourth-order valence-electron chi connectivity index (χ4n) is 4.95. The lowest BCUT2D eigenvalue weighted by Crippen LogP contribution is -2.34. The van der Waals surface area contributed by atoms with Gasteiger partial charge in [-0.2, -0.15) is 0 Å². The SMILES string of the molecule is CCc1ccc(C(=O)Nc2ccc(N3CCc4ccccc4C3)c(C(=O)N3CCCC3)c2)cc1. The Bertz CT molecular complexity index is 1200. The van der Waals surface area contributed by atoms with Crippen LogP contribution in [0.3, 0.4) is 0 Å². The van der Waals surface area contributed by atoms with Crippen molar-refractivity contribution >= 4 is 23.2 Å². The Morgan fingerprint density at radius 2 is 1.62 bits per heavy atom.